The lowest BCUT2D eigenvalue weighted by Crippen LogP contribution is -2.52. The second-order valence-electron chi connectivity index (χ2n) is 7.95. The van der Waals surface area contributed by atoms with Crippen molar-refractivity contribution < 1.29 is 8.42 Å². The van der Waals surface area contributed by atoms with Gasteiger partial charge in [-0.05, 0) is 43.5 Å². The van der Waals surface area contributed by atoms with Crippen LogP contribution in [0.4, 0.5) is 0 Å². The molecule has 4 rings (SSSR count). The van der Waals surface area contributed by atoms with Gasteiger partial charge in [0.25, 0.3) is 10.0 Å². The minimum Gasteiger partial charge on any atom is -0.339 e. The number of guanidine groups is 1. The maximum absolute atomic E-state index is 13.2. The summed E-state index contributed by atoms with van der Waals surface area (Å²) in [6.07, 6.45) is 6.33. The molecular weight excluding hydrogens is 360 g/mol. The minimum atomic E-state index is -3.55. The van der Waals surface area contributed by atoms with Crippen molar-refractivity contribution in [1.29, 1.82) is 0 Å². The molecule has 2 heterocycles. The maximum atomic E-state index is 13.2. The Labute approximate surface area is 162 Å². The SMILES string of the molecule is CN1CCN(C2=NCCN2S(=O)(=O)c2ccc(C3CCCCC3)cc2)CC1. The average Bonchev–Trinajstić information content (AvgIpc) is 3.20. The number of piperazine rings is 1. The average molecular weight is 391 g/mol. The summed E-state index contributed by atoms with van der Waals surface area (Å²) in [6.45, 7) is 4.49. The van der Waals surface area contributed by atoms with Crippen LogP contribution in [0.2, 0.25) is 0 Å². The van der Waals surface area contributed by atoms with Gasteiger partial charge in [0, 0.05) is 26.2 Å². The summed E-state index contributed by atoms with van der Waals surface area (Å²) in [5, 5.41) is 0. The topological polar surface area (TPSA) is 56.2 Å². The summed E-state index contributed by atoms with van der Waals surface area (Å²) in [6, 6.07) is 7.62. The number of rotatable bonds is 3. The zero-order valence-electron chi connectivity index (χ0n) is 16.2. The van der Waals surface area contributed by atoms with Crippen molar-refractivity contribution in [3.05, 3.63) is 29.8 Å². The molecule has 1 saturated carbocycles. The molecule has 2 fully saturated rings. The Kier molecular flexibility index (Phi) is 5.41. The van der Waals surface area contributed by atoms with Crippen LogP contribution in [-0.4, -0.2) is 74.8 Å². The van der Waals surface area contributed by atoms with E-state index in [1.54, 1.807) is 12.1 Å². The van der Waals surface area contributed by atoms with Crippen LogP contribution < -0.4 is 0 Å². The lowest BCUT2D eigenvalue weighted by molar-refractivity contribution is 0.208. The van der Waals surface area contributed by atoms with Crippen LogP contribution in [0.3, 0.4) is 0 Å². The summed E-state index contributed by atoms with van der Waals surface area (Å²) >= 11 is 0. The van der Waals surface area contributed by atoms with E-state index >= 15 is 0 Å². The van der Waals surface area contributed by atoms with E-state index < -0.39 is 10.0 Å². The van der Waals surface area contributed by atoms with Gasteiger partial charge >= 0.3 is 0 Å². The fraction of sp³-hybridized carbons (Fsp3) is 0.650. The normalized spacial score (nSPS) is 22.9. The van der Waals surface area contributed by atoms with Crippen LogP contribution in [0.15, 0.2) is 34.2 Å². The van der Waals surface area contributed by atoms with Crippen molar-refractivity contribution in [2.24, 2.45) is 4.99 Å². The lowest BCUT2D eigenvalue weighted by Gasteiger charge is -2.36. The zero-order chi connectivity index (χ0) is 18.9. The van der Waals surface area contributed by atoms with E-state index in [4.69, 9.17) is 0 Å². The third-order valence-corrected chi connectivity index (χ3v) is 7.90. The summed E-state index contributed by atoms with van der Waals surface area (Å²) in [7, 11) is -1.46. The Balaban J connectivity index is 1.51. The smallest absolute Gasteiger partial charge is 0.266 e. The fourth-order valence-corrected chi connectivity index (χ4v) is 5.83. The highest BCUT2D eigenvalue weighted by atomic mass is 32.2. The zero-order valence-corrected chi connectivity index (χ0v) is 17.0. The van der Waals surface area contributed by atoms with Gasteiger partial charge < -0.3 is 9.80 Å². The van der Waals surface area contributed by atoms with Gasteiger partial charge in [0.05, 0.1) is 18.0 Å². The molecule has 0 aromatic heterocycles. The van der Waals surface area contributed by atoms with Crippen molar-refractivity contribution >= 4 is 16.0 Å². The van der Waals surface area contributed by atoms with E-state index in [-0.39, 0.29) is 0 Å². The van der Waals surface area contributed by atoms with Crippen molar-refractivity contribution in [1.82, 2.24) is 14.1 Å². The van der Waals surface area contributed by atoms with Crippen LogP contribution in [0.25, 0.3) is 0 Å². The second kappa shape index (κ2) is 7.80. The minimum absolute atomic E-state index is 0.380. The molecule has 6 nitrogen and oxygen atoms in total. The Bertz CT molecular complexity index is 777. The highest BCUT2D eigenvalue weighted by Gasteiger charge is 2.34. The quantitative estimate of drug-likeness (QED) is 0.795. The first-order valence-electron chi connectivity index (χ1n) is 10.2. The van der Waals surface area contributed by atoms with E-state index in [9.17, 15) is 8.42 Å². The van der Waals surface area contributed by atoms with Gasteiger partial charge in [-0.15, -0.1) is 0 Å². The monoisotopic (exact) mass is 390 g/mol. The molecular formula is C20H30N4O2S. The Hall–Kier alpha value is -1.60. The number of aliphatic imine (C=N–C) groups is 1. The van der Waals surface area contributed by atoms with Crippen LogP contribution >= 0.6 is 0 Å². The lowest BCUT2D eigenvalue weighted by atomic mass is 9.84. The second-order valence-corrected chi connectivity index (χ2v) is 9.82. The molecule has 7 heteroatoms. The number of sulfonamides is 1. The molecule has 0 bridgehead atoms. The number of hydrogen-bond donors (Lipinski definition) is 0. The van der Waals surface area contributed by atoms with E-state index in [0.717, 1.165) is 26.2 Å². The standard InChI is InChI=1S/C20H30N4O2S/c1-22-13-15-23(16-14-22)20-21-11-12-24(20)27(25,26)19-9-7-18(8-10-19)17-5-3-2-4-6-17/h7-10,17H,2-6,11-16H2,1H3. The van der Waals surface area contributed by atoms with Crippen LogP contribution in [0.1, 0.15) is 43.6 Å². The molecule has 148 valence electrons. The van der Waals surface area contributed by atoms with Gasteiger partial charge in [-0.2, -0.15) is 0 Å². The highest BCUT2D eigenvalue weighted by molar-refractivity contribution is 7.89. The summed E-state index contributed by atoms with van der Waals surface area (Å²) in [5.74, 6) is 1.21. The first-order valence-corrected chi connectivity index (χ1v) is 11.6. The Morgan fingerprint density at radius 2 is 1.59 bits per heavy atom. The van der Waals surface area contributed by atoms with E-state index in [0.29, 0.717) is 29.9 Å². The number of nitrogens with zero attached hydrogens (tertiary/aromatic N) is 4. The van der Waals surface area contributed by atoms with Gasteiger partial charge in [0.15, 0.2) is 0 Å². The first kappa shape index (κ1) is 18.7. The molecule has 1 aromatic rings. The molecule has 0 radical (unpaired) electrons. The largest absolute Gasteiger partial charge is 0.339 e. The maximum Gasteiger partial charge on any atom is 0.266 e. The number of likely N-dealkylation sites (N-methyl/N-ethyl adjacent to an activating group) is 1. The van der Waals surface area contributed by atoms with E-state index in [1.807, 2.05) is 12.1 Å². The molecule has 1 saturated heterocycles. The van der Waals surface area contributed by atoms with Crippen LogP contribution in [0, 0.1) is 0 Å². The fourth-order valence-electron chi connectivity index (χ4n) is 4.39. The highest BCUT2D eigenvalue weighted by Crippen LogP contribution is 2.33. The first-order chi connectivity index (χ1) is 13.1. The molecule has 0 N–H and O–H groups in total. The molecule has 27 heavy (non-hydrogen) atoms. The molecule has 0 atom stereocenters. The van der Waals surface area contributed by atoms with Gasteiger partial charge in [0.2, 0.25) is 5.96 Å². The van der Waals surface area contributed by atoms with Crippen LogP contribution in [0.5, 0.6) is 0 Å². The molecule has 0 amide bonds. The number of benzene rings is 1. The van der Waals surface area contributed by atoms with E-state index in [1.165, 1.54) is 42.0 Å². The Morgan fingerprint density at radius 3 is 2.26 bits per heavy atom. The predicted molar refractivity (Wildman–Crippen MR) is 108 cm³/mol. The summed E-state index contributed by atoms with van der Waals surface area (Å²) < 4.78 is 28.0. The van der Waals surface area contributed by atoms with Crippen molar-refractivity contribution in [3.63, 3.8) is 0 Å². The molecule has 1 aliphatic carbocycles. The van der Waals surface area contributed by atoms with Crippen LogP contribution in [-0.2, 0) is 10.0 Å². The third-order valence-electron chi connectivity index (χ3n) is 6.11. The predicted octanol–water partition coefficient (Wildman–Crippen LogP) is 2.34. The molecule has 2 aliphatic heterocycles. The van der Waals surface area contributed by atoms with Crippen molar-refractivity contribution in [2.45, 2.75) is 42.9 Å². The molecule has 0 spiro atoms. The van der Waals surface area contributed by atoms with E-state index in [2.05, 4.69) is 21.8 Å². The van der Waals surface area contributed by atoms with Gasteiger partial charge in [0.1, 0.15) is 0 Å². The molecule has 3 aliphatic rings. The Morgan fingerprint density at radius 1 is 0.926 bits per heavy atom. The van der Waals surface area contributed by atoms with Crippen molar-refractivity contribution in [3.8, 4) is 0 Å². The van der Waals surface area contributed by atoms with Crippen molar-refractivity contribution in [2.75, 3.05) is 46.3 Å². The molecule has 0 unspecified atom stereocenters. The van der Waals surface area contributed by atoms with Gasteiger partial charge in [-0.25, -0.2) is 12.7 Å². The summed E-state index contributed by atoms with van der Waals surface area (Å²) in [5.41, 5.74) is 1.28. The summed E-state index contributed by atoms with van der Waals surface area (Å²) in [4.78, 5) is 9.27. The van der Waals surface area contributed by atoms with Gasteiger partial charge in [-0.3, -0.25) is 4.99 Å². The van der Waals surface area contributed by atoms with Gasteiger partial charge in [-0.1, -0.05) is 31.4 Å². The third kappa shape index (κ3) is 3.85. The number of hydrogen-bond acceptors (Lipinski definition) is 5. The molecule has 1 aromatic carbocycles.